The molecule has 0 aliphatic carbocycles. The van der Waals surface area contributed by atoms with Gasteiger partial charge in [0, 0.05) is 0 Å². The zero-order chi connectivity index (χ0) is 17.3. The van der Waals surface area contributed by atoms with Gasteiger partial charge >= 0.3 is 142 Å². The van der Waals surface area contributed by atoms with Crippen molar-refractivity contribution in [3.05, 3.63) is 44.1 Å². The van der Waals surface area contributed by atoms with Gasteiger partial charge in [0.05, 0.1) is 0 Å². The molecule has 3 rings (SSSR count). The predicted octanol–water partition coefficient (Wildman–Crippen LogP) is -0.425. The molecule has 1 unspecified atom stereocenters. The fraction of sp³-hybridized carbons (Fsp3) is 0.385. The Labute approximate surface area is 142 Å². The van der Waals surface area contributed by atoms with E-state index in [2.05, 4.69) is 9.51 Å². The van der Waals surface area contributed by atoms with Crippen LogP contribution in [0.25, 0.3) is 10.0 Å². The summed E-state index contributed by atoms with van der Waals surface area (Å²) in [5.41, 5.74) is -0.727. The molecule has 2 aromatic rings. The van der Waals surface area contributed by atoms with Crippen LogP contribution in [0.2, 0.25) is 0 Å². The zero-order valence-corrected chi connectivity index (χ0v) is 14.8. The maximum atomic E-state index is 12.1. The minimum atomic E-state index is -2.80. The summed E-state index contributed by atoms with van der Waals surface area (Å²) in [6.07, 6.45) is -1.06. The van der Waals surface area contributed by atoms with E-state index in [1.54, 1.807) is 0 Å². The average molecular weight is 420 g/mol. The monoisotopic (exact) mass is 421 g/mol. The van der Waals surface area contributed by atoms with Crippen molar-refractivity contribution in [2.75, 3.05) is 6.61 Å². The number of ether oxygens (including phenoxy) is 1. The number of aliphatic hydroxyl groups excluding tert-OH is 1. The number of hydrogen-bond donors (Lipinski definition) is 3. The number of nitrogens with zero attached hydrogens (tertiary/aromatic N) is 1. The fourth-order valence-corrected chi connectivity index (χ4v) is 4.29. The summed E-state index contributed by atoms with van der Waals surface area (Å²) < 4.78 is 22.7. The second-order valence-electron chi connectivity index (χ2n) is 5.15. The normalized spacial score (nSPS) is 24.2. The Balaban J connectivity index is 1.87. The molecule has 0 radical (unpaired) electrons. The molecule has 1 aliphatic heterocycles. The molecule has 1 fully saturated rings. The summed E-state index contributed by atoms with van der Waals surface area (Å²) in [5.74, 6) is 0. The van der Waals surface area contributed by atoms with E-state index in [1.807, 2.05) is 17.1 Å². The van der Waals surface area contributed by atoms with Crippen molar-refractivity contribution in [3.8, 4) is 10.0 Å². The molecule has 3 N–H and O–H groups in total. The van der Waals surface area contributed by atoms with Crippen molar-refractivity contribution in [1.82, 2.24) is 9.55 Å². The van der Waals surface area contributed by atoms with Crippen molar-refractivity contribution in [3.63, 3.8) is 0 Å². The number of aromatic nitrogens is 2. The standard InChI is InChI=1S/C13H13N2O7PSe/c16-8-4-11(22-9(8)6-21-23(19)20)15-5-7(10-2-1-3-24-10)12(17)14-13(15)18/h1-3,5,8-9,11,16H,4,6H2,(H-,14,17,18,19,20)/p+1/t8-,9+,11+/m0/s1. The topological polar surface area (TPSA) is 131 Å². The first kappa shape index (κ1) is 17.4. The molecule has 3 heterocycles. The van der Waals surface area contributed by atoms with Gasteiger partial charge in [-0.2, -0.15) is 0 Å². The van der Waals surface area contributed by atoms with Crippen molar-refractivity contribution in [2.24, 2.45) is 0 Å². The van der Waals surface area contributed by atoms with E-state index in [0.717, 1.165) is 4.44 Å². The molecule has 0 bridgehead atoms. The van der Waals surface area contributed by atoms with Gasteiger partial charge in [-0.05, 0) is 0 Å². The minimum absolute atomic E-state index is 0.0219. The van der Waals surface area contributed by atoms with Crippen LogP contribution in [0.15, 0.2) is 32.9 Å². The molecular weight excluding hydrogens is 406 g/mol. The number of rotatable bonds is 5. The first-order valence-electron chi connectivity index (χ1n) is 6.97. The van der Waals surface area contributed by atoms with Gasteiger partial charge in [0.2, 0.25) is 0 Å². The zero-order valence-electron chi connectivity index (χ0n) is 12.2. The molecule has 0 aromatic carbocycles. The van der Waals surface area contributed by atoms with Crippen molar-refractivity contribution >= 4 is 22.8 Å². The molecular formula is C13H14N2O7PSe+. The summed E-state index contributed by atoms with van der Waals surface area (Å²) in [5, 5.41) is 9.97. The Kier molecular flexibility index (Phi) is 5.27. The first-order chi connectivity index (χ1) is 11.5. The third-order valence-corrected chi connectivity index (χ3v) is 5.88. The molecule has 2 aromatic heterocycles. The summed E-state index contributed by atoms with van der Waals surface area (Å²) in [4.78, 5) is 36.9. The van der Waals surface area contributed by atoms with E-state index >= 15 is 0 Å². The second kappa shape index (κ2) is 7.24. The Morgan fingerprint density at radius 1 is 1.50 bits per heavy atom. The number of aromatic amines is 1. The van der Waals surface area contributed by atoms with Gasteiger partial charge in [-0.1, -0.05) is 0 Å². The summed E-state index contributed by atoms with van der Waals surface area (Å²) in [6, 6.07) is 3.67. The van der Waals surface area contributed by atoms with Gasteiger partial charge in [0.1, 0.15) is 0 Å². The van der Waals surface area contributed by atoms with E-state index in [0.29, 0.717) is 5.56 Å². The SMILES string of the molecule is O=c1[nH]c(=O)n([C@H]2C[C@H](O)[C@@H](CO[P+](=O)O)O2)cc1-c1ccc[se]1. The van der Waals surface area contributed by atoms with Crippen LogP contribution in [-0.2, 0) is 13.8 Å². The van der Waals surface area contributed by atoms with Crippen LogP contribution in [-0.4, -0.2) is 52.9 Å². The predicted molar refractivity (Wildman–Crippen MR) is 84.0 cm³/mol. The third kappa shape index (κ3) is 3.65. The maximum absolute atomic E-state index is 12.1. The van der Waals surface area contributed by atoms with E-state index in [1.165, 1.54) is 10.8 Å². The number of hydrogen-bond acceptors (Lipinski definition) is 6. The molecule has 4 atom stereocenters. The van der Waals surface area contributed by atoms with Crippen LogP contribution < -0.4 is 11.2 Å². The summed E-state index contributed by atoms with van der Waals surface area (Å²) in [7, 11) is -2.80. The van der Waals surface area contributed by atoms with Crippen molar-refractivity contribution < 1.29 is 23.8 Å². The molecule has 11 heteroatoms. The van der Waals surface area contributed by atoms with Gasteiger partial charge in [-0.3, -0.25) is 0 Å². The van der Waals surface area contributed by atoms with E-state index in [-0.39, 0.29) is 27.5 Å². The second-order valence-corrected chi connectivity index (χ2v) is 7.87. The molecule has 1 saturated heterocycles. The number of H-pyrrole nitrogens is 1. The average Bonchev–Trinajstić information content (AvgIpc) is 3.15. The number of nitrogens with one attached hydrogen (secondary N) is 1. The van der Waals surface area contributed by atoms with Crippen LogP contribution in [0.1, 0.15) is 12.6 Å². The van der Waals surface area contributed by atoms with E-state index < -0.39 is 37.9 Å². The Morgan fingerprint density at radius 2 is 2.29 bits per heavy atom. The fourth-order valence-electron chi connectivity index (χ4n) is 2.48. The Morgan fingerprint density at radius 3 is 2.96 bits per heavy atom. The quantitative estimate of drug-likeness (QED) is 0.442. The molecule has 24 heavy (non-hydrogen) atoms. The van der Waals surface area contributed by atoms with Crippen molar-refractivity contribution in [2.45, 2.75) is 24.9 Å². The Bertz CT molecular complexity index is 847. The summed E-state index contributed by atoms with van der Waals surface area (Å²) in [6.45, 7) is -0.271. The number of aliphatic hydroxyl groups is 1. The molecule has 0 spiro atoms. The molecule has 0 saturated carbocycles. The van der Waals surface area contributed by atoms with E-state index in [9.17, 15) is 19.3 Å². The van der Waals surface area contributed by atoms with Gasteiger partial charge in [0.25, 0.3) is 0 Å². The molecule has 0 amide bonds. The molecule has 1 aliphatic rings. The van der Waals surface area contributed by atoms with Gasteiger partial charge in [0.15, 0.2) is 0 Å². The molecule has 9 nitrogen and oxygen atoms in total. The van der Waals surface area contributed by atoms with Crippen LogP contribution in [0.4, 0.5) is 0 Å². The van der Waals surface area contributed by atoms with Gasteiger partial charge < -0.3 is 0 Å². The van der Waals surface area contributed by atoms with Crippen LogP contribution in [0, 0.1) is 0 Å². The third-order valence-electron chi connectivity index (χ3n) is 3.62. The van der Waals surface area contributed by atoms with Crippen LogP contribution in [0.3, 0.4) is 0 Å². The van der Waals surface area contributed by atoms with Gasteiger partial charge in [-0.15, -0.1) is 0 Å². The summed E-state index contributed by atoms with van der Waals surface area (Å²) >= 11 is 0.0219. The van der Waals surface area contributed by atoms with Crippen LogP contribution >= 0.6 is 8.25 Å². The van der Waals surface area contributed by atoms with Crippen molar-refractivity contribution in [1.29, 1.82) is 0 Å². The molecule has 128 valence electrons. The first-order valence-corrected chi connectivity index (χ1v) is 9.95. The van der Waals surface area contributed by atoms with E-state index in [4.69, 9.17) is 9.63 Å². The van der Waals surface area contributed by atoms with Crippen LogP contribution in [0.5, 0.6) is 0 Å². The Hall–Kier alpha value is -1.38. The van der Waals surface area contributed by atoms with Gasteiger partial charge in [-0.25, -0.2) is 0 Å².